The van der Waals surface area contributed by atoms with E-state index in [1.165, 1.54) is 0 Å². The van der Waals surface area contributed by atoms with Crippen molar-refractivity contribution >= 4 is 85.8 Å². The van der Waals surface area contributed by atoms with Gasteiger partial charge >= 0.3 is 0 Å². The number of imide groups is 1. The van der Waals surface area contributed by atoms with E-state index in [4.69, 9.17) is 4.74 Å². The Balaban J connectivity index is 1.52. The average Bonchev–Trinajstić information content (AvgIpc) is 3.08. The molecule has 0 aromatic heterocycles. The summed E-state index contributed by atoms with van der Waals surface area (Å²) in [6, 6.07) is 19.4. The van der Waals surface area contributed by atoms with Crippen LogP contribution in [0.1, 0.15) is 22.3 Å². The van der Waals surface area contributed by atoms with Crippen molar-refractivity contribution in [1.82, 2.24) is 4.90 Å². The van der Waals surface area contributed by atoms with E-state index >= 15 is 0 Å². The number of anilines is 1. The van der Waals surface area contributed by atoms with Crippen LogP contribution in [0.3, 0.4) is 0 Å². The van der Waals surface area contributed by atoms with Crippen molar-refractivity contribution < 1.29 is 19.1 Å². The molecule has 6 nitrogen and oxygen atoms in total. The Morgan fingerprint density at radius 3 is 2.56 bits per heavy atom. The molecule has 0 bridgehead atoms. The van der Waals surface area contributed by atoms with Gasteiger partial charge in [-0.05, 0) is 112 Å². The van der Waals surface area contributed by atoms with Crippen LogP contribution in [0.5, 0.6) is 5.75 Å². The molecule has 184 valence electrons. The highest BCUT2D eigenvalue weighted by Crippen LogP contribution is 2.36. The van der Waals surface area contributed by atoms with Crippen LogP contribution in [0.25, 0.3) is 6.08 Å². The molecule has 36 heavy (non-hydrogen) atoms. The molecule has 1 fully saturated rings. The van der Waals surface area contributed by atoms with Gasteiger partial charge in [-0.2, -0.15) is 0 Å². The molecule has 0 spiro atoms. The highest BCUT2D eigenvalue weighted by molar-refractivity contribution is 14.1. The van der Waals surface area contributed by atoms with Crippen LogP contribution >= 0.6 is 56.9 Å². The van der Waals surface area contributed by atoms with E-state index in [0.29, 0.717) is 23.6 Å². The van der Waals surface area contributed by atoms with E-state index in [-0.39, 0.29) is 11.4 Å². The molecular weight excluding hydrogens is 702 g/mol. The standard InChI is InChI=1S/C27H22I2N2O4S/c1-16-8-9-17(2)22(10-16)30-24(32)14-31-26(33)23(36-27(31)34)12-19-11-20(28)13-21(29)25(19)35-15-18-6-4-3-5-7-18/h3-13H,14-15H2,1-2H3,(H,30,32)/b23-12+. The highest BCUT2D eigenvalue weighted by Gasteiger charge is 2.36. The van der Waals surface area contributed by atoms with E-state index < -0.39 is 17.1 Å². The molecule has 4 rings (SSSR count). The first-order valence-electron chi connectivity index (χ1n) is 11.0. The van der Waals surface area contributed by atoms with Gasteiger partial charge in [-0.1, -0.05) is 42.5 Å². The van der Waals surface area contributed by atoms with Gasteiger partial charge in [0.15, 0.2) is 0 Å². The lowest BCUT2D eigenvalue weighted by Gasteiger charge is -2.14. The predicted octanol–water partition coefficient (Wildman–Crippen LogP) is 6.77. The Morgan fingerprint density at radius 1 is 1.06 bits per heavy atom. The topological polar surface area (TPSA) is 75.7 Å². The summed E-state index contributed by atoms with van der Waals surface area (Å²) in [5.74, 6) is -0.286. The molecule has 1 N–H and O–H groups in total. The quantitative estimate of drug-likeness (QED) is 0.215. The molecule has 9 heteroatoms. The second kappa shape index (κ2) is 11.8. The Kier molecular flexibility index (Phi) is 8.73. The van der Waals surface area contributed by atoms with Crippen molar-refractivity contribution in [3.8, 4) is 5.75 Å². The number of thioether (sulfide) groups is 1. The number of hydrogen-bond acceptors (Lipinski definition) is 5. The molecule has 0 aliphatic carbocycles. The van der Waals surface area contributed by atoms with Crippen LogP contribution in [0.15, 0.2) is 65.6 Å². The van der Waals surface area contributed by atoms with E-state index in [1.807, 2.05) is 74.5 Å². The van der Waals surface area contributed by atoms with E-state index in [9.17, 15) is 14.4 Å². The number of ether oxygens (including phenoxy) is 1. The lowest BCUT2D eigenvalue weighted by Crippen LogP contribution is -2.36. The lowest BCUT2D eigenvalue weighted by atomic mass is 10.1. The normalized spacial score (nSPS) is 14.4. The molecule has 0 atom stereocenters. The summed E-state index contributed by atoms with van der Waals surface area (Å²) in [6.07, 6.45) is 1.66. The Morgan fingerprint density at radius 2 is 1.81 bits per heavy atom. The van der Waals surface area contributed by atoms with Crippen molar-refractivity contribution in [1.29, 1.82) is 0 Å². The van der Waals surface area contributed by atoms with Gasteiger partial charge in [-0.3, -0.25) is 19.3 Å². The average molecular weight is 724 g/mol. The van der Waals surface area contributed by atoms with Crippen molar-refractivity contribution in [2.24, 2.45) is 0 Å². The first kappa shape index (κ1) is 26.7. The van der Waals surface area contributed by atoms with Gasteiger partial charge < -0.3 is 10.1 Å². The van der Waals surface area contributed by atoms with E-state index in [0.717, 1.165) is 40.5 Å². The van der Waals surface area contributed by atoms with Crippen molar-refractivity contribution in [3.63, 3.8) is 0 Å². The van der Waals surface area contributed by atoms with Gasteiger partial charge in [-0.15, -0.1) is 0 Å². The first-order chi connectivity index (χ1) is 17.2. The van der Waals surface area contributed by atoms with E-state index in [2.05, 4.69) is 50.5 Å². The fourth-order valence-corrected chi connectivity index (χ4v) is 6.43. The molecule has 3 aromatic carbocycles. The molecule has 0 saturated carbocycles. The highest BCUT2D eigenvalue weighted by atomic mass is 127. The predicted molar refractivity (Wildman–Crippen MR) is 160 cm³/mol. The number of rotatable bonds is 7. The minimum Gasteiger partial charge on any atom is -0.487 e. The van der Waals surface area contributed by atoms with Crippen molar-refractivity contribution in [2.75, 3.05) is 11.9 Å². The maximum atomic E-state index is 13.1. The maximum absolute atomic E-state index is 13.1. The van der Waals surface area contributed by atoms with Crippen LogP contribution in [0.4, 0.5) is 10.5 Å². The monoisotopic (exact) mass is 724 g/mol. The zero-order valence-electron chi connectivity index (χ0n) is 19.5. The molecule has 0 radical (unpaired) electrons. The summed E-state index contributed by atoms with van der Waals surface area (Å²) in [4.78, 5) is 39.6. The van der Waals surface area contributed by atoms with Crippen molar-refractivity contribution in [2.45, 2.75) is 20.5 Å². The summed E-state index contributed by atoms with van der Waals surface area (Å²) in [6.45, 7) is 3.84. The summed E-state index contributed by atoms with van der Waals surface area (Å²) >= 11 is 5.24. The first-order valence-corrected chi connectivity index (χ1v) is 14.0. The summed E-state index contributed by atoms with van der Waals surface area (Å²) < 4.78 is 7.99. The molecule has 1 aliphatic rings. The minimum atomic E-state index is -0.496. The summed E-state index contributed by atoms with van der Waals surface area (Å²) in [7, 11) is 0. The smallest absolute Gasteiger partial charge is 0.294 e. The zero-order chi connectivity index (χ0) is 25.8. The molecule has 0 unspecified atom stereocenters. The van der Waals surface area contributed by atoms with Crippen LogP contribution in [0.2, 0.25) is 0 Å². The number of halogens is 2. The molecule has 1 heterocycles. The van der Waals surface area contributed by atoms with Crippen LogP contribution in [-0.4, -0.2) is 28.5 Å². The lowest BCUT2D eigenvalue weighted by molar-refractivity contribution is -0.127. The number of nitrogens with one attached hydrogen (secondary N) is 1. The van der Waals surface area contributed by atoms with Crippen molar-refractivity contribution in [3.05, 3.63) is 95.0 Å². The number of carbonyl (C=O) groups is 3. The minimum absolute atomic E-state index is 0.252. The SMILES string of the molecule is Cc1ccc(C)c(NC(=O)CN2C(=O)S/C(=C/c3cc(I)cc(I)c3OCc3ccccc3)C2=O)c1. The van der Waals surface area contributed by atoms with Gasteiger partial charge in [0, 0.05) is 14.8 Å². The third kappa shape index (κ3) is 6.48. The number of amides is 3. The number of carbonyl (C=O) groups excluding carboxylic acids is 3. The molecule has 1 saturated heterocycles. The largest absolute Gasteiger partial charge is 0.487 e. The maximum Gasteiger partial charge on any atom is 0.294 e. The zero-order valence-corrected chi connectivity index (χ0v) is 24.6. The van der Waals surface area contributed by atoms with Crippen LogP contribution < -0.4 is 10.1 Å². The second-order valence-corrected chi connectivity index (χ2v) is 11.6. The number of hydrogen-bond donors (Lipinski definition) is 1. The van der Waals surface area contributed by atoms with Gasteiger partial charge in [-0.25, -0.2) is 0 Å². The second-order valence-electron chi connectivity index (χ2n) is 8.21. The van der Waals surface area contributed by atoms with Gasteiger partial charge in [0.25, 0.3) is 11.1 Å². The number of aryl methyl sites for hydroxylation is 2. The molecular formula is C27H22I2N2O4S. The molecule has 1 aliphatic heterocycles. The molecule has 3 amide bonds. The van der Waals surface area contributed by atoms with Gasteiger partial charge in [0.05, 0.1) is 8.48 Å². The molecule has 3 aromatic rings. The fraction of sp³-hybridized carbons (Fsp3) is 0.148. The number of benzene rings is 3. The van der Waals surface area contributed by atoms with Crippen LogP contribution in [0, 0.1) is 21.0 Å². The van der Waals surface area contributed by atoms with Gasteiger partial charge in [0.1, 0.15) is 18.9 Å². The Bertz CT molecular complexity index is 1380. The van der Waals surface area contributed by atoms with Gasteiger partial charge in [0.2, 0.25) is 5.91 Å². The van der Waals surface area contributed by atoms with Crippen LogP contribution in [-0.2, 0) is 16.2 Å². The Hall–Kier alpha value is -2.38. The summed E-state index contributed by atoms with van der Waals surface area (Å²) in [5, 5.41) is 2.33. The third-order valence-corrected chi connectivity index (χ3v) is 7.72. The number of nitrogens with zero attached hydrogens (tertiary/aromatic N) is 1. The fourth-order valence-electron chi connectivity index (χ4n) is 3.55. The third-order valence-electron chi connectivity index (χ3n) is 5.39. The van der Waals surface area contributed by atoms with E-state index in [1.54, 1.807) is 6.08 Å². The summed E-state index contributed by atoms with van der Waals surface area (Å²) in [5.41, 5.74) is 4.29. The Labute approximate surface area is 241 Å².